The van der Waals surface area contributed by atoms with Crippen molar-refractivity contribution in [3.63, 3.8) is 0 Å². The first-order valence-corrected chi connectivity index (χ1v) is 6.11. The van der Waals surface area contributed by atoms with Crippen LogP contribution in [0, 0.1) is 12.8 Å². The van der Waals surface area contributed by atoms with Gasteiger partial charge < -0.3 is 10.6 Å². The van der Waals surface area contributed by atoms with Crippen molar-refractivity contribution in [1.82, 2.24) is 14.7 Å². The fourth-order valence-corrected chi connectivity index (χ4v) is 2.41. The molecule has 5 nitrogen and oxygen atoms in total. The van der Waals surface area contributed by atoms with Crippen molar-refractivity contribution >= 4 is 5.91 Å². The van der Waals surface area contributed by atoms with Crippen LogP contribution in [0.3, 0.4) is 0 Å². The summed E-state index contributed by atoms with van der Waals surface area (Å²) in [5.41, 5.74) is 7.23. The van der Waals surface area contributed by atoms with Crippen LogP contribution >= 0.6 is 0 Å². The maximum atomic E-state index is 12.3. The van der Waals surface area contributed by atoms with Crippen LogP contribution in [0.5, 0.6) is 0 Å². The van der Waals surface area contributed by atoms with E-state index in [-0.39, 0.29) is 5.91 Å². The van der Waals surface area contributed by atoms with Gasteiger partial charge in [-0.15, -0.1) is 0 Å². The molecule has 0 spiro atoms. The number of hydrogen-bond donors (Lipinski definition) is 1. The molecule has 5 heteroatoms. The van der Waals surface area contributed by atoms with Gasteiger partial charge in [-0.1, -0.05) is 0 Å². The molecule has 94 valence electrons. The lowest BCUT2D eigenvalue weighted by Crippen LogP contribution is -2.42. The standard InChI is InChI=1S/C12H20N4O/c1-9-6-11(15(2)14-9)12(17)16-5-3-4-10(7-13)8-16/h6,10H,3-5,7-8,13H2,1-2H3/t10-/m1/s1. The third-order valence-corrected chi connectivity index (χ3v) is 3.36. The van der Waals surface area contributed by atoms with Crippen LogP contribution in [0.25, 0.3) is 0 Å². The quantitative estimate of drug-likeness (QED) is 0.815. The fourth-order valence-electron chi connectivity index (χ4n) is 2.41. The number of rotatable bonds is 2. The van der Waals surface area contributed by atoms with Crippen molar-refractivity contribution < 1.29 is 4.79 Å². The molecule has 0 aromatic carbocycles. The van der Waals surface area contributed by atoms with Gasteiger partial charge in [-0.05, 0) is 38.3 Å². The van der Waals surface area contributed by atoms with E-state index in [9.17, 15) is 4.79 Å². The number of piperidine rings is 1. The zero-order valence-electron chi connectivity index (χ0n) is 10.5. The van der Waals surface area contributed by atoms with Crippen LogP contribution in [0.4, 0.5) is 0 Å². The number of nitrogens with two attached hydrogens (primary N) is 1. The third kappa shape index (κ3) is 2.49. The predicted molar refractivity (Wildman–Crippen MR) is 65.6 cm³/mol. The second-order valence-electron chi connectivity index (χ2n) is 4.79. The van der Waals surface area contributed by atoms with Gasteiger partial charge in [-0.3, -0.25) is 9.48 Å². The highest BCUT2D eigenvalue weighted by Gasteiger charge is 2.25. The number of hydrogen-bond acceptors (Lipinski definition) is 3. The van der Waals surface area contributed by atoms with E-state index in [1.54, 1.807) is 4.68 Å². The fraction of sp³-hybridized carbons (Fsp3) is 0.667. The van der Waals surface area contributed by atoms with Gasteiger partial charge in [0.25, 0.3) is 5.91 Å². The Balaban J connectivity index is 2.12. The highest BCUT2D eigenvalue weighted by Crippen LogP contribution is 2.17. The first-order valence-electron chi connectivity index (χ1n) is 6.11. The molecule has 1 aromatic rings. The molecule has 0 unspecified atom stereocenters. The minimum absolute atomic E-state index is 0.0752. The van der Waals surface area contributed by atoms with E-state index >= 15 is 0 Å². The Labute approximate surface area is 102 Å². The van der Waals surface area contributed by atoms with Gasteiger partial charge >= 0.3 is 0 Å². The molecule has 1 saturated heterocycles. The van der Waals surface area contributed by atoms with E-state index < -0.39 is 0 Å². The number of amides is 1. The Hall–Kier alpha value is -1.36. The van der Waals surface area contributed by atoms with Gasteiger partial charge in [0.05, 0.1) is 5.69 Å². The number of carbonyl (C=O) groups is 1. The number of aromatic nitrogens is 2. The summed E-state index contributed by atoms with van der Waals surface area (Å²) in [7, 11) is 1.81. The van der Waals surface area contributed by atoms with Gasteiger partial charge in [0, 0.05) is 20.1 Å². The van der Waals surface area contributed by atoms with Crippen molar-refractivity contribution in [3.05, 3.63) is 17.5 Å². The minimum Gasteiger partial charge on any atom is -0.337 e. The van der Waals surface area contributed by atoms with E-state index in [1.165, 1.54) is 0 Å². The van der Waals surface area contributed by atoms with Crippen molar-refractivity contribution in [3.8, 4) is 0 Å². The predicted octanol–water partition coefficient (Wildman–Crippen LogP) is 0.539. The lowest BCUT2D eigenvalue weighted by atomic mass is 9.98. The molecule has 17 heavy (non-hydrogen) atoms. The van der Waals surface area contributed by atoms with Crippen LogP contribution in [0.15, 0.2) is 6.07 Å². The maximum absolute atomic E-state index is 12.3. The first kappa shape index (κ1) is 12.1. The Bertz CT molecular complexity index is 413. The molecule has 0 aliphatic carbocycles. The van der Waals surface area contributed by atoms with Crippen LogP contribution in [0.2, 0.25) is 0 Å². The average Bonchev–Trinajstić information content (AvgIpc) is 2.67. The number of aryl methyl sites for hydroxylation is 2. The van der Waals surface area contributed by atoms with Crippen molar-refractivity contribution in [2.45, 2.75) is 19.8 Å². The molecular weight excluding hydrogens is 216 g/mol. The second kappa shape index (κ2) is 4.87. The zero-order chi connectivity index (χ0) is 12.4. The van der Waals surface area contributed by atoms with Gasteiger partial charge in [0.15, 0.2) is 0 Å². The maximum Gasteiger partial charge on any atom is 0.272 e. The molecule has 2 N–H and O–H groups in total. The average molecular weight is 236 g/mol. The molecule has 1 aliphatic heterocycles. The van der Waals surface area contributed by atoms with Gasteiger partial charge in [0.1, 0.15) is 5.69 Å². The Morgan fingerprint density at radius 3 is 3.00 bits per heavy atom. The molecule has 0 saturated carbocycles. The normalized spacial score (nSPS) is 20.6. The molecule has 1 fully saturated rings. The smallest absolute Gasteiger partial charge is 0.272 e. The molecule has 0 radical (unpaired) electrons. The van der Waals surface area contributed by atoms with E-state index in [0.717, 1.165) is 31.6 Å². The summed E-state index contributed by atoms with van der Waals surface area (Å²) in [5, 5.41) is 4.21. The van der Waals surface area contributed by atoms with Crippen LogP contribution in [-0.4, -0.2) is 40.2 Å². The molecule has 2 rings (SSSR count). The van der Waals surface area contributed by atoms with E-state index in [0.29, 0.717) is 18.2 Å². The van der Waals surface area contributed by atoms with E-state index in [2.05, 4.69) is 5.10 Å². The Morgan fingerprint density at radius 2 is 2.41 bits per heavy atom. The SMILES string of the molecule is Cc1cc(C(=O)N2CCC[C@H](CN)C2)n(C)n1. The van der Waals surface area contributed by atoms with Gasteiger partial charge in [-0.2, -0.15) is 5.10 Å². The summed E-state index contributed by atoms with van der Waals surface area (Å²) in [4.78, 5) is 14.2. The topological polar surface area (TPSA) is 64.2 Å². The molecule has 0 bridgehead atoms. The number of likely N-dealkylation sites (tertiary alicyclic amines) is 1. The van der Waals surface area contributed by atoms with Gasteiger partial charge in [0.2, 0.25) is 0 Å². The summed E-state index contributed by atoms with van der Waals surface area (Å²) in [6.07, 6.45) is 2.18. The number of carbonyl (C=O) groups excluding carboxylic acids is 1. The zero-order valence-corrected chi connectivity index (χ0v) is 10.5. The molecule has 2 heterocycles. The summed E-state index contributed by atoms with van der Waals surface area (Å²) in [5.74, 6) is 0.522. The largest absolute Gasteiger partial charge is 0.337 e. The molecule has 1 amide bonds. The highest BCUT2D eigenvalue weighted by atomic mass is 16.2. The Morgan fingerprint density at radius 1 is 1.65 bits per heavy atom. The monoisotopic (exact) mass is 236 g/mol. The summed E-state index contributed by atoms with van der Waals surface area (Å²) in [6.45, 7) is 4.17. The first-order chi connectivity index (χ1) is 8.11. The van der Waals surface area contributed by atoms with Crippen molar-refractivity contribution in [2.24, 2.45) is 18.7 Å². The molecular formula is C12H20N4O. The van der Waals surface area contributed by atoms with E-state index in [4.69, 9.17) is 5.73 Å². The molecule has 1 aliphatic rings. The highest BCUT2D eigenvalue weighted by molar-refractivity contribution is 5.92. The van der Waals surface area contributed by atoms with Crippen LogP contribution in [-0.2, 0) is 7.05 Å². The Kier molecular flexibility index (Phi) is 3.47. The van der Waals surface area contributed by atoms with Crippen molar-refractivity contribution in [1.29, 1.82) is 0 Å². The summed E-state index contributed by atoms with van der Waals surface area (Å²) in [6, 6.07) is 1.84. The number of nitrogens with zero attached hydrogens (tertiary/aromatic N) is 3. The van der Waals surface area contributed by atoms with E-state index in [1.807, 2.05) is 24.9 Å². The van der Waals surface area contributed by atoms with Crippen LogP contribution < -0.4 is 5.73 Å². The lowest BCUT2D eigenvalue weighted by Gasteiger charge is -2.32. The third-order valence-electron chi connectivity index (χ3n) is 3.36. The molecule has 1 atom stereocenters. The second-order valence-corrected chi connectivity index (χ2v) is 4.79. The summed E-state index contributed by atoms with van der Waals surface area (Å²) < 4.78 is 1.66. The summed E-state index contributed by atoms with van der Waals surface area (Å²) >= 11 is 0. The van der Waals surface area contributed by atoms with Crippen LogP contribution in [0.1, 0.15) is 29.0 Å². The molecule has 1 aromatic heterocycles. The van der Waals surface area contributed by atoms with Gasteiger partial charge in [-0.25, -0.2) is 0 Å². The lowest BCUT2D eigenvalue weighted by molar-refractivity contribution is 0.0667. The van der Waals surface area contributed by atoms with Crippen molar-refractivity contribution in [2.75, 3.05) is 19.6 Å². The minimum atomic E-state index is 0.0752.